The first-order valence-corrected chi connectivity index (χ1v) is 7.55. The number of hydrogen-bond acceptors (Lipinski definition) is 5. The Morgan fingerprint density at radius 2 is 2.00 bits per heavy atom. The SMILES string of the molecule is CCCOc1cc(NCCNC(=O)OC(C)(C)C)ccc1N. The van der Waals surface area contributed by atoms with Crippen molar-refractivity contribution in [2.75, 3.05) is 30.7 Å². The molecule has 0 aliphatic rings. The fourth-order valence-corrected chi connectivity index (χ4v) is 1.67. The van der Waals surface area contributed by atoms with E-state index in [0.29, 0.717) is 31.1 Å². The van der Waals surface area contributed by atoms with Crippen LogP contribution in [0.5, 0.6) is 5.75 Å². The maximum atomic E-state index is 11.5. The second-order valence-electron chi connectivity index (χ2n) is 5.96. The average Bonchev–Trinajstić information content (AvgIpc) is 2.42. The molecule has 0 unspecified atom stereocenters. The molecule has 0 saturated heterocycles. The van der Waals surface area contributed by atoms with E-state index in [-0.39, 0.29) is 0 Å². The van der Waals surface area contributed by atoms with E-state index in [0.717, 1.165) is 12.1 Å². The molecule has 1 aromatic carbocycles. The summed E-state index contributed by atoms with van der Waals surface area (Å²) in [6, 6.07) is 5.54. The normalized spacial score (nSPS) is 10.9. The van der Waals surface area contributed by atoms with Crippen molar-refractivity contribution < 1.29 is 14.3 Å². The molecule has 0 saturated carbocycles. The van der Waals surface area contributed by atoms with Crippen LogP contribution in [0.15, 0.2) is 18.2 Å². The van der Waals surface area contributed by atoms with Gasteiger partial charge in [-0.05, 0) is 39.3 Å². The monoisotopic (exact) mass is 309 g/mol. The Hall–Kier alpha value is -2.11. The average molecular weight is 309 g/mol. The molecule has 0 atom stereocenters. The number of amides is 1. The van der Waals surface area contributed by atoms with Gasteiger partial charge in [-0.15, -0.1) is 0 Å². The van der Waals surface area contributed by atoms with Crippen LogP contribution < -0.4 is 21.1 Å². The molecule has 0 aliphatic heterocycles. The Morgan fingerprint density at radius 3 is 2.64 bits per heavy atom. The van der Waals surface area contributed by atoms with Crippen LogP contribution in [0.2, 0.25) is 0 Å². The van der Waals surface area contributed by atoms with E-state index in [9.17, 15) is 4.79 Å². The molecule has 1 aromatic rings. The maximum Gasteiger partial charge on any atom is 0.407 e. The summed E-state index contributed by atoms with van der Waals surface area (Å²) in [6.45, 7) is 9.21. The molecule has 0 radical (unpaired) electrons. The number of alkyl carbamates (subject to hydrolysis) is 1. The van der Waals surface area contributed by atoms with E-state index in [1.165, 1.54) is 0 Å². The van der Waals surface area contributed by atoms with Gasteiger partial charge in [-0.1, -0.05) is 6.92 Å². The summed E-state index contributed by atoms with van der Waals surface area (Å²) in [5, 5.41) is 5.89. The number of anilines is 2. The molecule has 0 heterocycles. The summed E-state index contributed by atoms with van der Waals surface area (Å²) in [5.74, 6) is 0.673. The summed E-state index contributed by atoms with van der Waals surface area (Å²) in [4.78, 5) is 11.5. The van der Waals surface area contributed by atoms with Gasteiger partial charge < -0.3 is 25.8 Å². The van der Waals surface area contributed by atoms with Crippen molar-refractivity contribution in [3.8, 4) is 5.75 Å². The van der Waals surface area contributed by atoms with E-state index in [1.807, 2.05) is 39.8 Å². The zero-order chi connectivity index (χ0) is 16.6. The lowest BCUT2D eigenvalue weighted by atomic mass is 10.2. The first-order chi connectivity index (χ1) is 10.3. The molecule has 0 aromatic heterocycles. The minimum Gasteiger partial charge on any atom is -0.491 e. The molecule has 1 amide bonds. The summed E-state index contributed by atoms with van der Waals surface area (Å²) in [6.07, 6.45) is 0.509. The van der Waals surface area contributed by atoms with Gasteiger partial charge in [-0.2, -0.15) is 0 Å². The summed E-state index contributed by atoms with van der Waals surface area (Å²) < 4.78 is 10.7. The van der Waals surface area contributed by atoms with Crippen molar-refractivity contribution in [3.63, 3.8) is 0 Å². The van der Waals surface area contributed by atoms with Gasteiger partial charge in [0, 0.05) is 24.8 Å². The molecule has 124 valence electrons. The highest BCUT2D eigenvalue weighted by molar-refractivity contribution is 5.67. The van der Waals surface area contributed by atoms with Crippen LogP contribution >= 0.6 is 0 Å². The summed E-state index contributed by atoms with van der Waals surface area (Å²) >= 11 is 0. The standard InChI is InChI=1S/C16H27N3O3/c1-5-10-21-14-11-12(6-7-13(14)17)18-8-9-19-15(20)22-16(2,3)4/h6-7,11,18H,5,8-10,17H2,1-4H3,(H,19,20). The second-order valence-corrected chi connectivity index (χ2v) is 5.96. The third kappa shape index (κ3) is 7.06. The van der Waals surface area contributed by atoms with Gasteiger partial charge in [0.25, 0.3) is 0 Å². The minimum absolute atomic E-state index is 0.418. The van der Waals surface area contributed by atoms with Gasteiger partial charge in [0.1, 0.15) is 11.4 Å². The Balaban J connectivity index is 2.37. The fourth-order valence-electron chi connectivity index (χ4n) is 1.67. The number of rotatable bonds is 7. The Bertz CT molecular complexity index is 484. The van der Waals surface area contributed by atoms with Gasteiger partial charge in [0.15, 0.2) is 0 Å². The van der Waals surface area contributed by atoms with E-state index >= 15 is 0 Å². The van der Waals surface area contributed by atoms with Crippen LogP contribution in [-0.4, -0.2) is 31.4 Å². The molecule has 0 bridgehead atoms. The molecule has 1 rings (SSSR count). The van der Waals surface area contributed by atoms with Gasteiger partial charge in [0.05, 0.1) is 12.3 Å². The predicted molar refractivity (Wildman–Crippen MR) is 89.4 cm³/mol. The largest absolute Gasteiger partial charge is 0.491 e. The van der Waals surface area contributed by atoms with Crippen molar-refractivity contribution in [1.82, 2.24) is 5.32 Å². The topological polar surface area (TPSA) is 85.6 Å². The third-order valence-corrected chi connectivity index (χ3v) is 2.60. The second kappa shape index (κ2) is 8.36. The Morgan fingerprint density at radius 1 is 1.27 bits per heavy atom. The van der Waals surface area contributed by atoms with Gasteiger partial charge in [-0.3, -0.25) is 0 Å². The van der Waals surface area contributed by atoms with Crippen LogP contribution in [-0.2, 0) is 4.74 Å². The van der Waals surface area contributed by atoms with Crippen LogP contribution in [0.3, 0.4) is 0 Å². The maximum absolute atomic E-state index is 11.5. The molecule has 6 nitrogen and oxygen atoms in total. The van der Waals surface area contributed by atoms with Crippen molar-refractivity contribution in [2.45, 2.75) is 39.7 Å². The molecular weight excluding hydrogens is 282 g/mol. The predicted octanol–water partition coefficient (Wildman–Crippen LogP) is 2.99. The van der Waals surface area contributed by atoms with Crippen LogP contribution in [0.4, 0.5) is 16.2 Å². The molecule has 0 aliphatic carbocycles. The molecule has 6 heteroatoms. The van der Waals surface area contributed by atoms with E-state index < -0.39 is 11.7 Å². The van der Waals surface area contributed by atoms with Gasteiger partial charge in [0.2, 0.25) is 0 Å². The van der Waals surface area contributed by atoms with Crippen molar-refractivity contribution >= 4 is 17.5 Å². The zero-order valence-electron chi connectivity index (χ0n) is 13.9. The Labute approximate surface area is 132 Å². The summed E-state index contributed by atoms with van der Waals surface area (Å²) in [7, 11) is 0. The van der Waals surface area contributed by atoms with E-state index in [4.69, 9.17) is 15.2 Å². The van der Waals surface area contributed by atoms with Gasteiger partial charge >= 0.3 is 6.09 Å². The lowest BCUT2D eigenvalue weighted by Gasteiger charge is -2.19. The Kier molecular flexibility index (Phi) is 6.82. The van der Waals surface area contributed by atoms with Crippen LogP contribution in [0.1, 0.15) is 34.1 Å². The third-order valence-electron chi connectivity index (χ3n) is 2.60. The highest BCUT2D eigenvalue weighted by atomic mass is 16.6. The number of hydrogen-bond donors (Lipinski definition) is 3. The molecule has 0 spiro atoms. The number of ether oxygens (including phenoxy) is 2. The molecule has 4 N–H and O–H groups in total. The number of carbonyl (C=O) groups excluding carboxylic acids is 1. The van der Waals surface area contributed by atoms with Crippen molar-refractivity contribution in [3.05, 3.63) is 18.2 Å². The summed E-state index contributed by atoms with van der Waals surface area (Å²) in [5.41, 5.74) is 6.88. The van der Waals surface area contributed by atoms with E-state index in [1.54, 1.807) is 6.07 Å². The number of nitrogens with two attached hydrogens (primary N) is 1. The van der Waals surface area contributed by atoms with Crippen LogP contribution in [0, 0.1) is 0 Å². The lowest BCUT2D eigenvalue weighted by Crippen LogP contribution is -2.34. The van der Waals surface area contributed by atoms with Gasteiger partial charge in [-0.25, -0.2) is 4.79 Å². The smallest absolute Gasteiger partial charge is 0.407 e. The zero-order valence-corrected chi connectivity index (χ0v) is 13.9. The first-order valence-electron chi connectivity index (χ1n) is 7.55. The highest BCUT2D eigenvalue weighted by Gasteiger charge is 2.15. The highest BCUT2D eigenvalue weighted by Crippen LogP contribution is 2.25. The molecule has 0 fully saturated rings. The lowest BCUT2D eigenvalue weighted by molar-refractivity contribution is 0.0530. The number of nitrogens with one attached hydrogen (secondary N) is 2. The number of benzene rings is 1. The molecule has 22 heavy (non-hydrogen) atoms. The number of nitrogen functional groups attached to an aromatic ring is 1. The van der Waals surface area contributed by atoms with Crippen LogP contribution in [0.25, 0.3) is 0 Å². The minimum atomic E-state index is -0.486. The quantitative estimate of drug-likeness (QED) is 0.532. The van der Waals surface area contributed by atoms with Crippen molar-refractivity contribution in [1.29, 1.82) is 0 Å². The van der Waals surface area contributed by atoms with Crippen molar-refractivity contribution in [2.24, 2.45) is 0 Å². The number of carbonyl (C=O) groups is 1. The first kappa shape index (κ1) is 17.9. The molecular formula is C16H27N3O3. The van der Waals surface area contributed by atoms with E-state index in [2.05, 4.69) is 10.6 Å². The fraction of sp³-hybridized carbons (Fsp3) is 0.562.